The highest BCUT2D eigenvalue weighted by Gasteiger charge is 2.10. The van der Waals surface area contributed by atoms with Crippen LogP contribution >= 0.6 is 0 Å². The smallest absolute Gasteiger partial charge is 0.275 e. The zero-order chi connectivity index (χ0) is 14.5. The van der Waals surface area contributed by atoms with Gasteiger partial charge in [0, 0.05) is 24.5 Å². The molecule has 0 aliphatic carbocycles. The van der Waals surface area contributed by atoms with Gasteiger partial charge in [0.25, 0.3) is 5.91 Å². The van der Waals surface area contributed by atoms with Gasteiger partial charge in [-0.2, -0.15) is 0 Å². The van der Waals surface area contributed by atoms with Crippen LogP contribution in [0.4, 0.5) is 5.69 Å². The summed E-state index contributed by atoms with van der Waals surface area (Å²) < 4.78 is 1.72. The third-order valence-electron chi connectivity index (χ3n) is 2.72. The highest BCUT2D eigenvalue weighted by Crippen LogP contribution is 2.16. The van der Waals surface area contributed by atoms with Gasteiger partial charge in [-0.25, -0.2) is 4.98 Å². The van der Waals surface area contributed by atoms with Gasteiger partial charge in [-0.15, -0.1) is 0 Å². The van der Waals surface area contributed by atoms with Crippen molar-refractivity contribution >= 4 is 11.6 Å². The van der Waals surface area contributed by atoms with Crippen LogP contribution < -0.4 is 5.32 Å². The molecular formula is C15H15N3O2. The third-order valence-corrected chi connectivity index (χ3v) is 2.72. The lowest BCUT2D eigenvalue weighted by Gasteiger charge is -2.07. The molecule has 102 valence electrons. The molecule has 0 fully saturated rings. The van der Waals surface area contributed by atoms with Gasteiger partial charge in [-0.3, -0.25) is 4.79 Å². The Morgan fingerprint density at radius 3 is 2.90 bits per heavy atom. The number of rotatable bonds is 2. The molecule has 0 saturated carbocycles. The number of aliphatic hydroxyl groups excluding tert-OH is 1. The fourth-order valence-electron chi connectivity index (χ4n) is 1.74. The Labute approximate surface area is 117 Å². The van der Waals surface area contributed by atoms with Crippen molar-refractivity contribution in [2.75, 3.05) is 11.9 Å². The minimum Gasteiger partial charge on any atom is -0.384 e. The number of aliphatic hydroxyl groups is 1. The topological polar surface area (TPSA) is 67.2 Å². The SMILES string of the molecule is Cc1cc(C#CCO)ccc1NC(=O)c1cn(C)cn1. The molecule has 2 N–H and O–H groups in total. The summed E-state index contributed by atoms with van der Waals surface area (Å²) in [5.74, 6) is 5.16. The van der Waals surface area contributed by atoms with Gasteiger partial charge in [-0.1, -0.05) is 11.8 Å². The molecule has 5 nitrogen and oxygen atoms in total. The van der Waals surface area contributed by atoms with Gasteiger partial charge < -0.3 is 15.0 Å². The molecule has 0 aliphatic rings. The van der Waals surface area contributed by atoms with E-state index in [9.17, 15) is 4.79 Å². The molecular weight excluding hydrogens is 254 g/mol. The van der Waals surface area contributed by atoms with Crippen molar-refractivity contribution in [1.82, 2.24) is 9.55 Å². The number of carbonyl (C=O) groups is 1. The first-order valence-electron chi connectivity index (χ1n) is 6.10. The van der Waals surface area contributed by atoms with E-state index in [-0.39, 0.29) is 12.5 Å². The molecule has 1 amide bonds. The van der Waals surface area contributed by atoms with E-state index in [4.69, 9.17) is 5.11 Å². The van der Waals surface area contributed by atoms with Crippen LogP contribution in [0.1, 0.15) is 21.6 Å². The Morgan fingerprint density at radius 2 is 2.30 bits per heavy atom. The van der Waals surface area contributed by atoms with Gasteiger partial charge >= 0.3 is 0 Å². The second kappa shape index (κ2) is 6.04. The maximum atomic E-state index is 12.0. The van der Waals surface area contributed by atoms with E-state index >= 15 is 0 Å². The molecule has 0 bridgehead atoms. The van der Waals surface area contributed by atoms with E-state index in [0.29, 0.717) is 5.69 Å². The van der Waals surface area contributed by atoms with Crippen molar-refractivity contribution in [3.8, 4) is 11.8 Å². The molecule has 0 atom stereocenters. The van der Waals surface area contributed by atoms with Crippen LogP contribution in [0.2, 0.25) is 0 Å². The molecule has 0 saturated heterocycles. The number of carbonyl (C=O) groups excluding carboxylic acids is 1. The standard InChI is InChI=1S/C15H15N3O2/c1-11-8-12(4-3-7-19)5-6-13(11)17-15(20)14-9-18(2)10-16-14/h5-6,8-10,19H,7H2,1-2H3,(H,17,20). The van der Waals surface area contributed by atoms with Crippen LogP contribution in [0.5, 0.6) is 0 Å². The van der Waals surface area contributed by atoms with Gasteiger partial charge in [-0.05, 0) is 30.7 Å². The first kappa shape index (κ1) is 13.8. The maximum absolute atomic E-state index is 12.0. The third kappa shape index (κ3) is 3.25. The predicted octanol–water partition coefficient (Wildman–Crippen LogP) is 1.32. The molecule has 5 heteroatoms. The molecule has 20 heavy (non-hydrogen) atoms. The number of nitrogens with one attached hydrogen (secondary N) is 1. The zero-order valence-corrected chi connectivity index (χ0v) is 11.3. The van der Waals surface area contributed by atoms with E-state index in [0.717, 1.165) is 16.8 Å². The summed E-state index contributed by atoms with van der Waals surface area (Å²) >= 11 is 0. The number of hydrogen-bond acceptors (Lipinski definition) is 3. The molecule has 0 aliphatic heterocycles. The van der Waals surface area contributed by atoms with Crippen LogP contribution in [-0.4, -0.2) is 27.2 Å². The summed E-state index contributed by atoms with van der Waals surface area (Å²) in [7, 11) is 1.81. The Morgan fingerprint density at radius 1 is 1.50 bits per heavy atom. The highest BCUT2D eigenvalue weighted by molar-refractivity contribution is 6.03. The van der Waals surface area contributed by atoms with Gasteiger partial charge in [0.1, 0.15) is 12.3 Å². The second-order valence-electron chi connectivity index (χ2n) is 4.37. The monoisotopic (exact) mass is 269 g/mol. The summed E-state index contributed by atoms with van der Waals surface area (Å²) in [4.78, 5) is 16.0. The van der Waals surface area contributed by atoms with E-state index in [1.54, 1.807) is 29.2 Å². The van der Waals surface area contributed by atoms with Crippen molar-refractivity contribution in [3.05, 3.63) is 47.5 Å². The summed E-state index contributed by atoms with van der Waals surface area (Å²) in [5, 5.41) is 11.5. The number of benzene rings is 1. The summed E-state index contributed by atoms with van der Waals surface area (Å²) in [5.41, 5.74) is 2.79. The molecule has 0 spiro atoms. The molecule has 0 radical (unpaired) electrons. The summed E-state index contributed by atoms with van der Waals surface area (Å²) in [6.07, 6.45) is 3.24. The molecule has 1 aromatic carbocycles. The average molecular weight is 269 g/mol. The summed E-state index contributed by atoms with van der Waals surface area (Å²) in [6.45, 7) is 1.72. The van der Waals surface area contributed by atoms with Crippen LogP contribution in [0.25, 0.3) is 0 Å². The lowest BCUT2D eigenvalue weighted by atomic mass is 10.1. The Kier molecular flexibility index (Phi) is 4.18. The van der Waals surface area contributed by atoms with Crippen LogP contribution in [0.15, 0.2) is 30.7 Å². The van der Waals surface area contributed by atoms with Crippen molar-refractivity contribution < 1.29 is 9.90 Å². The average Bonchev–Trinajstić information content (AvgIpc) is 2.86. The first-order valence-corrected chi connectivity index (χ1v) is 6.10. The van der Waals surface area contributed by atoms with Crippen molar-refractivity contribution in [3.63, 3.8) is 0 Å². The van der Waals surface area contributed by atoms with Crippen LogP contribution in [-0.2, 0) is 7.05 Å². The van der Waals surface area contributed by atoms with Crippen molar-refractivity contribution in [2.45, 2.75) is 6.92 Å². The number of aromatic nitrogens is 2. The highest BCUT2D eigenvalue weighted by atomic mass is 16.2. The molecule has 0 unspecified atom stereocenters. The van der Waals surface area contributed by atoms with Crippen LogP contribution in [0, 0.1) is 18.8 Å². The number of amides is 1. The second-order valence-corrected chi connectivity index (χ2v) is 4.37. The fraction of sp³-hybridized carbons (Fsp3) is 0.200. The van der Waals surface area contributed by atoms with E-state index in [1.165, 1.54) is 0 Å². The molecule has 1 aromatic heterocycles. The maximum Gasteiger partial charge on any atom is 0.275 e. The van der Waals surface area contributed by atoms with Crippen molar-refractivity contribution in [2.24, 2.45) is 7.05 Å². The van der Waals surface area contributed by atoms with Crippen molar-refractivity contribution in [1.29, 1.82) is 0 Å². The molecule has 2 rings (SSSR count). The lowest BCUT2D eigenvalue weighted by Crippen LogP contribution is -2.13. The Hall–Kier alpha value is -2.58. The molecule has 1 heterocycles. The number of aryl methyl sites for hydroxylation is 2. The minimum absolute atomic E-state index is 0.169. The minimum atomic E-state index is -0.247. The predicted molar refractivity (Wildman–Crippen MR) is 76.3 cm³/mol. The Bertz CT molecular complexity index is 693. The lowest BCUT2D eigenvalue weighted by molar-refractivity contribution is 0.102. The number of nitrogens with zero attached hydrogens (tertiary/aromatic N) is 2. The van der Waals surface area contributed by atoms with E-state index in [1.807, 2.05) is 20.0 Å². The normalized spacial score (nSPS) is 9.75. The quantitative estimate of drug-likeness (QED) is 0.808. The van der Waals surface area contributed by atoms with Gasteiger partial charge in [0.05, 0.1) is 6.33 Å². The first-order chi connectivity index (χ1) is 9.60. The Balaban J connectivity index is 2.16. The fourth-order valence-corrected chi connectivity index (χ4v) is 1.74. The number of hydrogen-bond donors (Lipinski definition) is 2. The number of imidazole rings is 1. The van der Waals surface area contributed by atoms with Gasteiger partial charge in [0.2, 0.25) is 0 Å². The van der Waals surface area contributed by atoms with E-state index < -0.39 is 0 Å². The van der Waals surface area contributed by atoms with Gasteiger partial charge in [0.15, 0.2) is 0 Å². The largest absolute Gasteiger partial charge is 0.384 e. The molecule has 2 aromatic rings. The van der Waals surface area contributed by atoms with E-state index in [2.05, 4.69) is 22.1 Å². The zero-order valence-electron chi connectivity index (χ0n) is 11.3. The number of anilines is 1. The van der Waals surface area contributed by atoms with Crippen LogP contribution in [0.3, 0.4) is 0 Å². The summed E-state index contributed by atoms with van der Waals surface area (Å²) in [6, 6.07) is 5.44.